The first-order valence-corrected chi connectivity index (χ1v) is 9.36. The molecule has 1 aliphatic heterocycles. The molecule has 1 unspecified atom stereocenters. The number of thiazole rings is 1. The molecular formula is C17H20N4OS2. The molecule has 0 spiro atoms. The third-order valence-electron chi connectivity index (χ3n) is 3.47. The van der Waals surface area contributed by atoms with Gasteiger partial charge in [0, 0.05) is 29.6 Å². The van der Waals surface area contributed by atoms with Crippen LogP contribution in [0.2, 0.25) is 0 Å². The fraction of sp³-hybridized carbons (Fsp3) is 0.353. The number of guanidine groups is 1. The number of hydrogen-bond acceptors (Lipinski definition) is 7. The second-order valence-corrected chi connectivity index (χ2v) is 7.60. The Balaban J connectivity index is 1.75. The highest BCUT2D eigenvalue weighted by atomic mass is 32.2. The summed E-state index contributed by atoms with van der Waals surface area (Å²) in [5, 5.41) is 4.48. The Morgan fingerprint density at radius 3 is 3.12 bits per heavy atom. The van der Waals surface area contributed by atoms with Crippen LogP contribution in [0.4, 0.5) is 0 Å². The first-order valence-electron chi connectivity index (χ1n) is 7.80. The van der Waals surface area contributed by atoms with Gasteiger partial charge in [0.25, 0.3) is 0 Å². The number of aryl methyl sites for hydroxylation is 1. The highest BCUT2D eigenvalue weighted by Crippen LogP contribution is 2.23. The van der Waals surface area contributed by atoms with Crippen molar-refractivity contribution in [2.75, 3.05) is 7.11 Å². The summed E-state index contributed by atoms with van der Waals surface area (Å²) in [7, 11) is 1.67. The third kappa shape index (κ3) is 4.66. The number of nitrogens with one attached hydrogen (secondary N) is 1. The van der Waals surface area contributed by atoms with Gasteiger partial charge in [-0.15, -0.1) is 11.3 Å². The lowest BCUT2D eigenvalue weighted by atomic mass is 10.1. The molecule has 5 nitrogen and oxygen atoms in total. The van der Waals surface area contributed by atoms with Crippen LogP contribution in [0.5, 0.6) is 0 Å². The lowest BCUT2D eigenvalue weighted by molar-refractivity contribution is 0.493. The Labute approximate surface area is 150 Å². The van der Waals surface area contributed by atoms with Crippen molar-refractivity contribution >= 4 is 41.6 Å². The summed E-state index contributed by atoms with van der Waals surface area (Å²) in [6.07, 6.45) is 14.0. The summed E-state index contributed by atoms with van der Waals surface area (Å²) in [4.78, 5) is 16.0. The van der Waals surface area contributed by atoms with Gasteiger partial charge in [-0.05, 0) is 25.5 Å². The Morgan fingerprint density at radius 1 is 1.33 bits per heavy atom. The van der Waals surface area contributed by atoms with E-state index in [4.69, 9.17) is 4.18 Å². The molecule has 0 fully saturated rings. The minimum atomic E-state index is 0.171. The second kappa shape index (κ2) is 8.41. The monoisotopic (exact) mass is 360 g/mol. The van der Waals surface area contributed by atoms with Crippen molar-refractivity contribution in [3.8, 4) is 0 Å². The zero-order valence-corrected chi connectivity index (χ0v) is 15.4. The van der Waals surface area contributed by atoms with E-state index in [2.05, 4.69) is 50.7 Å². The predicted molar refractivity (Wildman–Crippen MR) is 103 cm³/mol. The Kier molecular flexibility index (Phi) is 6.01. The molecule has 24 heavy (non-hydrogen) atoms. The molecule has 0 bridgehead atoms. The number of fused-ring (bicyclic) bond motifs is 1. The molecule has 3 rings (SSSR count). The molecule has 0 saturated heterocycles. The van der Waals surface area contributed by atoms with Gasteiger partial charge in [0.15, 0.2) is 0 Å². The van der Waals surface area contributed by atoms with E-state index >= 15 is 0 Å². The number of aromatic nitrogens is 1. The molecule has 0 amide bonds. The zero-order valence-electron chi connectivity index (χ0n) is 13.7. The van der Waals surface area contributed by atoms with Crippen LogP contribution in [0.1, 0.15) is 28.4 Å². The maximum Gasteiger partial charge on any atom is 0.218 e. The van der Waals surface area contributed by atoms with E-state index in [1.807, 2.05) is 13.1 Å². The topological polar surface area (TPSA) is 58.9 Å². The van der Waals surface area contributed by atoms with Crippen molar-refractivity contribution < 1.29 is 4.18 Å². The van der Waals surface area contributed by atoms with E-state index in [0.29, 0.717) is 12.5 Å². The van der Waals surface area contributed by atoms with E-state index < -0.39 is 0 Å². The molecule has 1 aliphatic carbocycles. The van der Waals surface area contributed by atoms with Gasteiger partial charge in [0.1, 0.15) is 0 Å². The molecule has 0 radical (unpaired) electrons. The Bertz CT molecular complexity index is 731. The van der Waals surface area contributed by atoms with Crippen LogP contribution in [0.15, 0.2) is 39.2 Å². The highest BCUT2D eigenvalue weighted by molar-refractivity contribution is 7.98. The zero-order chi connectivity index (χ0) is 16.8. The molecule has 0 aromatic carbocycles. The van der Waals surface area contributed by atoms with Crippen LogP contribution < -0.4 is 5.32 Å². The van der Waals surface area contributed by atoms with Crippen LogP contribution in [0.25, 0.3) is 6.08 Å². The summed E-state index contributed by atoms with van der Waals surface area (Å²) in [6, 6.07) is 0.171. The molecule has 0 saturated carbocycles. The number of aliphatic imine (C=N–C) groups is 2. The lowest BCUT2D eigenvalue weighted by Crippen LogP contribution is -2.33. The molecular weight excluding hydrogens is 340 g/mol. The summed E-state index contributed by atoms with van der Waals surface area (Å²) < 4.78 is 5.12. The molecule has 2 aliphatic rings. The predicted octanol–water partition coefficient (Wildman–Crippen LogP) is 3.89. The van der Waals surface area contributed by atoms with Gasteiger partial charge in [-0.2, -0.15) is 0 Å². The standard InChI is InChI=1S/C17H20N4OS2/c1-12-20-15-8-3-4-9-18-17(19-11-16(15)23-12)21-13-6-5-7-14(10-13)24-22-2/h3,5,7-10,13H,4,6,11H2,1-2H3,(H,19,21)/b8-3-,18-9?. The minimum Gasteiger partial charge on any atom is -0.348 e. The highest BCUT2D eigenvalue weighted by Gasteiger charge is 2.13. The molecule has 2 heterocycles. The largest absolute Gasteiger partial charge is 0.348 e. The van der Waals surface area contributed by atoms with Crippen molar-refractivity contribution in [3.05, 3.63) is 44.8 Å². The van der Waals surface area contributed by atoms with Crippen LogP contribution in [-0.4, -0.2) is 30.3 Å². The van der Waals surface area contributed by atoms with Crippen LogP contribution in [0, 0.1) is 6.92 Å². The van der Waals surface area contributed by atoms with E-state index in [1.54, 1.807) is 18.4 Å². The average Bonchev–Trinajstić information content (AvgIpc) is 2.93. The number of allylic oxidation sites excluding steroid dienone is 2. The molecule has 126 valence electrons. The van der Waals surface area contributed by atoms with Gasteiger partial charge in [-0.3, -0.25) is 0 Å². The van der Waals surface area contributed by atoms with E-state index in [9.17, 15) is 0 Å². The van der Waals surface area contributed by atoms with Crippen molar-refractivity contribution in [2.24, 2.45) is 9.98 Å². The minimum absolute atomic E-state index is 0.171. The van der Waals surface area contributed by atoms with Crippen LogP contribution >= 0.6 is 23.4 Å². The molecule has 1 aromatic heterocycles. The van der Waals surface area contributed by atoms with Crippen molar-refractivity contribution in [1.82, 2.24) is 10.3 Å². The molecule has 1 N–H and O–H groups in total. The van der Waals surface area contributed by atoms with Gasteiger partial charge >= 0.3 is 0 Å². The molecule has 7 heteroatoms. The van der Waals surface area contributed by atoms with E-state index in [-0.39, 0.29) is 6.04 Å². The van der Waals surface area contributed by atoms with Gasteiger partial charge in [0.05, 0.1) is 35.3 Å². The first kappa shape index (κ1) is 17.1. The summed E-state index contributed by atoms with van der Waals surface area (Å²) >= 11 is 3.06. The van der Waals surface area contributed by atoms with Crippen molar-refractivity contribution in [2.45, 2.75) is 32.4 Å². The fourth-order valence-corrected chi connectivity index (χ4v) is 3.86. The van der Waals surface area contributed by atoms with Gasteiger partial charge in [-0.25, -0.2) is 15.0 Å². The molecule has 1 aromatic rings. The van der Waals surface area contributed by atoms with Gasteiger partial charge in [-0.1, -0.05) is 18.2 Å². The fourth-order valence-electron chi connectivity index (χ4n) is 2.45. The Hall–Kier alpha value is -1.70. The number of rotatable bonds is 3. The maximum absolute atomic E-state index is 5.12. The van der Waals surface area contributed by atoms with Crippen LogP contribution in [0.3, 0.4) is 0 Å². The smallest absolute Gasteiger partial charge is 0.218 e. The van der Waals surface area contributed by atoms with Crippen molar-refractivity contribution in [1.29, 1.82) is 0 Å². The van der Waals surface area contributed by atoms with Gasteiger partial charge < -0.3 is 9.50 Å². The average molecular weight is 361 g/mol. The normalized spacial score (nSPS) is 21.7. The maximum atomic E-state index is 5.12. The second-order valence-electron chi connectivity index (χ2n) is 5.34. The van der Waals surface area contributed by atoms with Gasteiger partial charge in [0.2, 0.25) is 5.96 Å². The Morgan fingerprint density at radius 2 is 2.25 bits per heavy atom. The third-order valence-corrected chi connectivity index (χ3v) is 5.07. The summed E-state index contributed by atoms with van der Waals surface area (Å²) in [6.45, 7) is 2.62. The quantitative estimate of drug-likeness (QED) is 0.831. The lowest BCUT2D eigenvalue weighted by Gasteiger charge is -2.18. The number of nitrogens with zero attached hydrogens (tertiary/aromatic N) is 3. The van der Waals surface area contributed by atoms with Crippen LogP contribution in [-0.2, 0) is 10.7 Å². The summed E-state index contributed by atoms with van der Waals surface area (Å²) in [5.74, 6) is 0.667. The van der Waals surface area contributed by atoms with E-state index in [0.717, 1.165) is 28.4 Å². The van der Waals surface area contributed by atoms with Crippen molar-refractivity contribution in [3.63, 3.8) is 0 Å². The number of hydrogen-bond donors (Lipinski definition) is 1. The first-order chi connectivity index (χ1) is 11.7. The molecule has 1 atom stereocenters. The van der Waals surface area contributed by atoms with E-state index in [1.165, 1.54) is 16.9 Å². The SMILES string of the molecule is COSC1=CC(NC2=NCc3sc(C)nc3/C=C\CC=N2)CC=C1. The summed E-state index contributed by atoms with van der Waals surface area (Å²) in [5.41, 5.74) is 1.02.